The molecule has 0 saturated carbocycles. The van der Waals surface area contributed by atoms with Crippen molar-refractivity contribution in [3.8, 4) is 0 Å². The highest BCUT2D eigenvalue weighted by Crippen LogP contribution is 2.17. The van der Waals surface area contributed by atoms with E-state index in [1.54, 1.807) is 6.20 Å². The summed E-state index contributed by atoms with van der Waals surface area (Å²) in [6.07, 6.45) is 2.55. The molecule has 0 atom stereocenters. The summed E-state index contributed by atoms with van der Waals surface area (Å²) < 4.78 is 0. The number of anilines is 1. The van der Waals surface area contributed by atoms with E-state index in [9.17, 15) is 4.79 Å². The number of benzene rings is 2. The Balaban J connectivity index is 1.75. The van der Waals surface area contributed by atoms with Crippen molar-refractivity contribution in [3.05, 3.63) is 59.8 Å². The van der Waals surface area contributed by atoms with Crippen LogP contribution in [0.4, 0.5) is 5.69 Å². The maximum Gasteiger partial charge on any atom is 0.255 e. The van der Waals surface area contributed by atoms with E-state index in [2.05, 4.69) is 15.5 Å². The lowest BCUT2D eigenvalue weighted by molar-refractivity contribution is 0.102. The Hall–Kier alpha value is -2.66. The molecule has 0 aliphatic heterocycles. The van der Waals surface area contributed by atoms with Crippen molar-refractivity contribution in [1.29, 1.82) is 0 Å². The first-order valence-electron chi connectivity index (χ1n) is 6.80. The van der Waals surface area contributed by atoms with Crippen LogP contribution in [0.25, 0.3) is 10.9 Å². The van der Waals surface area contributed by atoms with Gasteiger partial charge in [-0.2, -0.15) is 5.10 Å². The van der Waals surface area contributed by atoms with Gasteiger partial charge in [0.25, 0.3) is 5.91 Å². The van der Waals surface area contributed by atoms with Gasteiger partial charge in [0.2, 0.25) is 0 Å². The van der Waals surface area contributed by atoms with Crippen LogP contribution in [-0.4, -0.2) is 22.6 Å². The number of carbonyl (C=O) groups is 1. The van der Waals surface area contributed by atoms with Crippen LogP contribution in [0.5, 0.6) is 0 Å². The smallest absolute Gasteiger partial charge is 0.255 e. The van der Waals surface area contributed by atoms with E-state index in [0.717, 1.165) is 28.6 Å². The molecule has 1 amide bonds. The summed E-state index contributed by atoms with van der Waals surface area (Å²) in [6, 6.07) is 13.1. The van der Waals surface area contributed by atoms with Crippen molar-refractivity contribution < 1.29 is 4.79 Å². The second-order valence-electron chi connectivity index (χ2n) is 4.86. The quantitative estimate of drug-likeness (QED) is 0.685. The highest BCUT2D eigenvalue weighted by Gasteiger charge is 2.07. The van der Waals surface area contributed by atoms with Crippen molar-refractivity contribution in [3.63, 3.8) is 0 Å². The van der Waals surface area contributed by atoms with Gasteiger partial charge in [-0.15, -0.1) is 0 Å². The molecule has 0 aliphatic rings. The fourth-order valence-electron chi connectivity index (χ4n) is 2.21. The van der Waals surface area contributed by atoms with Crippen LogP contribution in [0.15, 0.2) is 48.7 Å². The summed E-state index contributed by atoms with van der Waals surface area (Å²) in [5.41, 5.74) is 8.96. The van der Waals surface area contributed by atoms with Crippen LogP contribution in [0.1, 0.15) is 15.9 Å². The molecular formula is C16H16N4O. The van der Waals surface area contributed by atoms with Crippen molar-refractivity contribution in [1.82, 2.24) is 10.2 Å². The Bertz CT molecular complexity index is 761. The number of hydrogen-bond acceptors (Lipinski definition) is 3. The van der Waals surface area contributed by atoms with E-state index in [0.29, 0.717) is 12.1 Å². The molecule has 0 aliphatic carbocycles. The van der Waals surface area contributed by atoms with Crippen molar-refractivity contribution >= 4 is 22.5 Å². The minimum Gasteiger partial charge on any atom is -0.330 e. The van der Waals surface area contributed by atoms with Gasteiger partial charge in [-0.05, 0) is 48.9 Å². The average Bonchev–Trinajstić information content (AvgIpc) is 2.96. The van der Waals surface area contributed by atoms with E-state index in [-0.39, 0.29) is 5.91 Å². The van der Waals surface area contributed by atoms with Crippen LogP contribution in [0.2, 0.25) is 0 Å². The summed E-state index contributed by atoms with van der Waals surface area (Å²) in [5.74, 6) is -0.128. The zero-order valence-electron chi connectivity index (χ0n) is 11.5. The molecule has 0 radical (unpaired) electrons. The molecule has 0 spiro atoms. The second-order valence-corrected chi connectivity index (χ2v) is 4.86. The van der Waals surface area contributed by atoms with Gasteiger partial charge in [0.15, 0.2) is 0 Å². The number of aromatic nitrogens is 2. The Labute approximate surface area is 122 Å². The van der Waals surface area contributed by atoms with Gasteiger partial charge in [-0.3, -0.25) is 9.89 Å². The molecule has 0 saturated heterocycles. The number of rotatable bonds is 4. The molecule has 3 rings (SSSR count). The van der Waals surface area contributed by atoms with Crippen LogP contribution >= 0.6 is 0 Å². The standard InChI is InChI=1S/C16H16N4O/c17-8-7-11-1-3-12(4-2-11)16(21)19-14-5-6-15-13(9-14)10-18-20-15/h1-6,9-10H,7-8,17H2,(H,18,20)(H,19,21). The number of nitrogens with two attached hydrogens (primary N) is 1. The molecule has 4 N–H and O–H groups in total. The Morgan fingerprint density at radius 1 is 1.19 bits per heavy atom. The third-order valence-electron chi connectivity index (χ3n) is 3.35. The van der Waals surface area contributed by atoms with E-state index in [1.165, 1.54) is 0 Å². The lowest BCUT2D eigenvalue weighted by Gasteiger charge is -2.06. The van der Waals surface area contributed by atoms with Gasteiger partial charge in [-0.25, -0.2) is 0 Å². The van der Waals surface area contributed by atoms with Gasteiger partial charge in [0.1, 0.15) is 0 Å². The summed E-state index contributed by atoms with van der Waals surface area (Å²) >= 11 is 0. The molecule has 106 valence electrons. The highest BCUT2D eigenvalue weighted by atomic mass is 16.1. The average molecular weight is 280 g/mol. The van der Waals surface area contributed by atoms with E-state index in [4.69, 9.17) is 5.73 Å². The lowest BCUT2D eigenvalue weighted by atomic mass is 10.1. The van der Waals surface area contributed by atoms with Gasteiger partial charge in [0, 0.05) is 16.6 Å². The van der Waals surface area contributed by atoms with E-state index >= 15 is 0 Å². The first-order chi connectivity index (χ1) is 10.3. The summed E-state index contributed by atoms with van der Waals surface area (Å²) in [7, 11) is 0. The third-order valence-corrected chi connectivity index (χ3v) is 3.35. The highest BCUT2D eigenvalue weighted by molar-refractivity contribution is 6.05. The summed E-state index contributed by atoms with van der Waals surface area (Å²) in [6.45, 7) is 0.607. The van der Waals surface area contributed by atoms with Gasteiger partial charge >= 0.3 is 0 Å². The van der Waals surface area contributed by atoms with Crippen molar-refractivity contribution in [2.45, 2.75) is 6.42 Å². The molecule has 21 heavy (non-hydrogen) atoms. The number of amides is 1. The topological polar surface area (TPSA) is 83.8 Å². The molecule has 5 nitrogen and oxygen atoms in total. The number of nitrogens with one attached hydrogen (secondary N) is 2. The molecule has 3 aromatic rings. The van der Waals surface area contributed by atoms with Crippen molar-refractivity contribution in [2.75, 3.05) is 11.9 Å². The SMILES string of the molecule is NCCc1ccc(C(=O)Nc2ccc3[nH]ncc3c2)cc1. The van der Waals surface area contributed by atoms with Gasteiger partial charge in [0.05, 0.1) is 11.7 Å². The molecule has 5 heteroatoms. The molecule has 0 fully saturated rings. The van der Waals surface area contributed by atoms with Gasteiger partial charge in [-0.1, -0.05) is 12.1 Å². The van der Waals surface area contributed by atoms with Crippen LogP contribution in [0, 0.1) is 0 Å². The number of hydrogen-bond donors (Lipinski definition) is 3. The predicted molar refractivity (Wildman–Crippen MR) is 83.2 cm³/mol. The van der Waals surface area contributed by atoms with Crippen molar-refractivity contribution in [2.24, 2.45) is 5.73 Å². The first kappa shape index (κ1) is 13.3. The molecule has 0 unspecified atom stereocenters. The largest absolute Gasteiger partial charge is 0.330 e. The number of fused-ring (bicyclic) bond motifs is 1. The molecule has 2 aromatic carbocycles. The fraction of sp³-hybridized carbons (Fsp3) is 0.125. The molecule has 1 heterocycles. The number of carbonyl (C=O) groups excluding carboxylic acids is 1. The number of aromatic amines is 1. The fourth-order valence-corrected chi connectivity index (χ4v) is 2.21. The second kappa shape index (κ2) is 5.76. The maximum absolute atomic E-state index is 12.2. The lowest BCUT2D eigenvalue weighted by Crippen LogP contribution is -2.12. The zero-order chi connectivity index (χ0) is 14.7. The van der Waals surface area contributed by atoms with Gasteiger partial charge < -0.3 is 11.1 Å². The Kier molecular flexibility index (Phi) is 3.66. The van der Waals surface area contributed by atoms with Crippen LogP contribution < -0.4 is 11.1 Å². The molecule has 1 aromatic heterocycles. The number of nitrogens with zero attached hydrogens (tertiary/aromatic N) is 1. The maximum atomic E-state index is 12.2. The Morgan fingerprint density at radius 2 is 2.00 bits per heavy atom. The van der Waals surface area contributed by atoms with E-state index in [1.807, 2.05) is 42.5 Å². The monoisotopic (exact) mass is 280 g/mol. The zero-order valence-corrected chi connectivity index (χ0v) is 11.5. The summed E-state index contributed by atoms with van der Waals surface area (Å²) in [4.78, 5) is 12.2. The number of H-pyrrole nitrogens is 1. The van der Waals surface area contributed by atoms with Crippen LogP contribution in [0.3, 0.4) is 0 Å². The predicted octanol–water partition coefficient (Wildman–Crippen LogP) is 2.32. The molecule has 0 bridgehead atoms. The summed E-state index contributed by atoms with van der Waals surface area (Å²) in [5, 5.41) is 10.7. The first-order valence-corrected chi connectivity index (χ1v) is 6.80. The normalized spacial score (nSPS) is 10.7. The van der Waals surface area contributed by atoms with Crippen LogP contribution in [-0.2, 0) is 6.42 Å². The third kappa shape index (κ3) is 2.93. The minimum absolute atomic E-state index is 0.128. The molecular weight excluding hydrogens is 264 g/mol. The van der Waals surface area contributed by atoms with E-state index < -0.39 is 0 Å². The Morgan fingerprint density at radius 3 is 2.76 bits per heavy atom. The minimum atomic E-state index is -0.128.